The van der Waals surface area contributed by atoms with E-state index in [1.165, 1.54) is 11.1 Å². The molecule has 3 heteroatoms. The van der Waals surface area contributed by atoms with Crippen LogP contribution in [0.3, 0.4) is 0 Å². The van der Waals surface area contributed by atoms with Gasteiger partial charge in [-0.25, -0.2) is 0 Å². The standard InChI is InChI=1S/C18H19NO2/c1-12-5-7-13(8-6-12)11-15(18(20)21)17-10-9-14-3-2-4-16(14)19-17/h5-10,15H,2-4,11H2,1H3,(H,20,21). The van der Waals surface area contributed by atoms with Gasteiger partial charge in [-0.3, -0.25) is 9.78 Å². The quantitative estimate of drug-likeness (QED) is 0.935. The molecule has 21 heavy (non-hydrogen) atoms. The maximum Gasteiger partial charge on any atom is 0.312 e. The molecule has 0 spiro atoms. The monoisotopic (exact) mass is 281 g/mol. The van der Waals surface area contributed by atoms with E-state index in [-0.39, 0.29) is 0 Å². The van der Waals surface area contributed by atoms with Crippen molar-refractivity contribution in [3.05, 3.63) is 64.5 Å². The minimum Gasteiger partial charge on any atom is -0.481 e. The number of aliphatic carboxylic acids is 1. The number of pyridine rings is 1. The summed E-state index contributed by atoms with van der Waals surface area (Å²) in [5, 5.41) is 9.55. The molecule has 0 amide bonds. The normalized spacial score (nSPS) is 14.7. The maximum atomic E-state index is 11.6. The summed E-state index contributed by atoms with van der Waals surface area (Å²) in [5.41, 5.74) is 5.26. The van der Waals surface area contributed by atoms with Crippen LogP contribution >= 0.6 is 0 Å². The summed E-state index contributed by atoms with van der Waals surface area (Å²) in [5.74, 6) is -1.38. The van der Waals surface area contributed by atoms with Gasteiger partial charge in [-0.15, -0.1) is 0 Å². The fourth-order valence-electron chi connectivity index (χ4n) is 2.91. The van der Waals surface area contributed by atoms with Crippen LogP contribution in [-0.2, 0) is 24.1 Å². The van der Waals surface area contributed by atoms with Crippen molar-refractivity contribution in [2.45, 2.75) is 38.5 Å². The summed E-state index contributed by atoms with van der Waals surface area (Å²) in [6.07, 6.45) is 3.65. The molecule has 0 aliphatic heterocycles. The lowest BCUT2D eigenvalue weighted by atomic mass is 9.94. The molecule has 0 fully saturated rings. The van der Waals surface area contributed by atoms with E-state index in [1.807, 2.05) is 37.3 Å². The lowest BCUT2D eigenvalue weighted by Gasteiger charge is -2.13. The van der Waals surface area contributed by atoms with Crippen LogP contribution in [0.5, 0.6) is 0 Å². The molecule has 1 aliphatic carbocycles. The Labute approximate surface area is 124 Å². The Morgan fingerprint density at radius 2 is 1.95 bits per heavy atom. The van der Waals surface area contributed by atoms with Crippen LogP contribution in [0.1, 0.15) is 40.4 Å². The lowest BCUT2D eigenvalue weighted by Crippen LogP contribution is -2.16. The number of aromatic nitrogens is 1. The minimum atomic E-state index is -0.805. The highest BCUT2D eigenvalue weighted by atomic mass is 16.4. The van der Waals surface area contributed by atoms with Crippen LogP contribution in [0.4, 0.5) is 0 Å². The molecule has 2 aromatic rings. The average Bonchev–Trinajstić information content (AvgIpc) is 2.93. The molecular formula is C18H19NO2. The number of benzene rings is 1. The zero-order valence-electron chi connectivity index (χ0n) is 12.2. The molecular weight excluding hydrogens is 262 g/mol. The zero-order chi connectivity index (χ0) is 14.8. The fraction of sp³-hybridized carbons (Fsp3) is 0.333. The lowest BCUT2D eigenvalue weighted by molar-refractivity contribution is -0.138. The third kappa shape index (κ3) is 2.97. The Morgan fingerprint density at radius 3 is 2.67 bits per heavy atom. The SMILES string of the molecule is Cc1ccc(CC(C(=O)O)c2ccc3c(n2)CCC3)cc1. The predicted molar refractivity (Wildman–Crippen MR) is 81.5 cm³/mol. The molecule has 1 unspecified atom stereocenters. The van der Waals surface area contributed by atoms with Gasteiger partial charge in [0.15, 0.2) is 0 Å². The van der Waals surface area contributed by atoms with Gasteiger partial charge in [0.1, 0.15) is 5.92 Å². The molecule has 0 saturated heterocycles. The van der Waals surface area contributed by atoms with Crippen molar-refractivity contribution in [1.82, 2.24) is 4.98 Å². The van der Waals surface area contributed by atoms with Gasteiger partial charge < -0.3 is 5.11 Å². The second-order valence-corrected chi connectivity index (χ2v) is 5.78. The van der Waals surface area contributed by atoms with Gasteiger partial charge in [0.05, 0.1) is 5.69 Å². The molecule has 1 atom stereocenters. The highest BCUT2D eigenvalue weighted by Gasteiger charge is 2.23. The zero-order valence-corrected chi connectivity index (χ0v) is 12.2. The first-order chi connectivity index (χ1) is 10.1. The third-order valence-electron chi connectivity index (χ3n) is 4.17. The summed E-state index contributed by atoms with van der Waals surface area (Å²) >= 11 is 0. The minimum absolute atomic E-state index is 0.487. The molecule has 0 saturated carbocycles. The van der Waals surface area contributed by atoms with Crippen molar-refractivity contribution in [3.63, 3.8) is 0 Å². The number of fused-ring (bicyclic) bond motifs is 1. The molecule has 3 nitrogen and oxygen atoms in total. The van der Waals surface area contributed by atoms with E-state index in [1.54, 1.807) is 0 Å². The van der Waals surface area contributed by atoms with Gasteiger partial charge in [-0.05, 0) is 49.8 Å². The van der Waals surface area contributed by atoms with Gasteiger partial charge in [0.2, 0.25) is 0 Å². The Morgan fingerprint density at radius 1 is 1.19 bits per heavy atom. The summed E-state index contributed by atoms with van der Waals surface area (Å²) < 4.78 is 0. The van der Waals surface area contributed by atoms with Crippen LogP contribution in [-0.4, -0.2) is 16.1 Å². The van der Waals surface area contributed by atoms with Crippen LogP contribution in [0, 0.1) is 6.92 Å². The van der Waals surface area contributed by atoms with Crippen LogP contribution in [0.25, 0.3) is 0 Å². The highest BCUT2D eigenvalue weighted by Crippen LogP contribution is 2.25. The van der Waals surface area contributed by atoms with E-state index in [4.69, 9.17) is 0 Å². The van der Waals surface area contributed by atoms with E-state index in [0.717, 1.165) is 30.5 Å². The summed E-state index contributed by atoms with van der Waals surface area (Å²) in [6.45, 7) is 2.03. The maximum absolute atomic E-state index is 11.6. The molecule has 3 rings (SSSR count). The molecule has 1 aromatic carbocycles. The number of rotatable bonds is 4. The van der Waals surface area contributed by atoms with Gasteiger partial charge in [0, 0.05) is 5.69 Å². The summed E-state index contributed by atoms with van der Waals surface area (Å²) in [6, 6.07) is 12.0. The van der Waals surface area contributed by atoms with E-state index >= 15 is 0 Å². The summed E-state index contributed by atoms with van der Waals surface area (Å²) in [4.78, 5) is 16.2. The third-order valence-corrected chi connectivity index (χ3v) is 4.17. The van der Waals surface area contributed by atoms with Crippen molar-refractivity contribution < 1.29 is 9.90 Å². The second-order valence-electron chi connectivity index (χ2n) is 5.78. The van der Waals surface area contributed by atoms with E-state index < -0.39 is 11.9 Å². The number of carboxylic acids is 1. The predicted octanol–water partition coefficient (Wildman–Crippen LogP) is 3.29. The van der Waals surface area contributed by atoms with E-state index in [2.05, 4.69) is 11.1 Å². The van der Waals surface area contributed by atoms with Crippen LogP contribution < -0.4 is 0 Å². The highest BCUT2D eigenvalue weighted by molar-refractivity contribution is 5.76. The van der Waals surface area contributed by atoms with Crippen LogP contribution in [0.15, 0.2) is 36.4 Å². The number of nitrogens with zero attached hydrogens (tertiary/aromatic N) is 1. The average molecular weight is 281 g/mol. The number of hydrogen-bond acceptors (Lipinski definition) is 2. The van der Waals surface area contributed by atoms with Gasteiger partial charge in [-0.2, -0.15) is 0 Å². The number of carboxylic acid groups (broad SMARTS) is 1. The first kappa shape index (κ1) is 13.8. The molecule has 108 valence electrons. The Bertz CT molecular complexity index is 661. The van der Waals surface area contributed by atoms with E-state index in [0.29, 0.717) is 12.1 Å². The molecule has 0 radical (unpaired) electrons. The van der Waals surface area contributed by atoms with Crippen molar-refractivity contribution >= 4 is 5.97 Å². The fourth-order valence-corrected chi connectivity index (χ4v) is 2.91. The van der Waals surface area contributed by atoms with Gasteiger partial charge >= 0.3 is 5.97 Å². The smallest absolute Gasteiger partial charge is 0.312 e. The molecule has 0 bridgehead atoms. The molecule has 1 aliphatic rings. The van der Waals surface area contributed by atoms with Crippen molar-refractivity contribution in [2.75, 3.05) is 0 Å². The first-order valence-electron chi connectivity index (χ1n) is 7.40. The molecule has 1 N–H and O–H groups in total. The van der Waals surface area contributed by atoms with Gasteiger partial charge in [-0.1, -0.05) is 35.9 Å². The molecule has 1 heterocycles. The largest absolute Gasteiger partial charge is 0.481 e. The number of hydrogen-bond donors (Lipinski definition) is 1. The second kappa shape index (κ2) is 5.68. The Hall–Kier alpha value is -2.16. The van der Waals surface area contributed by atoms with Crippen molar-refractivity contribution in [3.8, 4) is 0 Å². The molecule has 1 aromatic heterocycles. The first-order valence-corrected chi connectivity index (χ1v) is 7.40. The van der Waals surface area contributed by atoms with Crippen molar-refractivity contribution in [1.29, 1.82) is 0 Å². The number of carbonyl (C=O) groups is 1. The Balaban J connectivity index is 1.87. The van der Waals surface area contributed by atoms with Crippen LogP contribution in [0.2, 0.25) is 0 Å². The van der Waals surface area contributed by atoms with Crippen molar-refractivity contribution in [2.24, 2.45) is 0 Å². The van der Waals surface area contributed by atoms with E-state index in [9.17, 15) is 9.90 Å². The summed E-state index contributed by atoms with van der Waals surface area (Å²) in [7, 11) is 0. The number of aryl methyl sites for hydroxylation is 3. The topological polar surface area (TPSA) is 50.2 Å². The Kier molecular flexibility index (Phi) is 3.74. The van der Waals surface area contributed by atoms with Gasteiger partial charge in [0.25, 0.3) is 0 Å².